The Morgan fingerprint density at radius 1 is 1.17 bits per heavy atom. The predicted octanol–water partition coefficient (Wildman–Crippen LogP) is 4.66. The summed E-state index contributed by atoms with van der Waals surface area (Å²) in [6, 6.07) is 8.04. The van der Waals surface area contributed by atoms with E-state index in [2.05, 4.69) is 10.3 Å². The molecule has 0 bridgehead atoms. The van der Waals surface area contributed by atoms with E-state index in [-0.39, 0.29) is 24.9 Å². The fourth-order valence-electron chi connectivity index (χ4n) is 3.05. The van der Waals surface area contributed by atoms with Crippen molar-refractivity contribution in [2.45, 2.75) is 32.3 Å². The highest BCUT2D eigenvalue weighted by Crippen LogP contribution is 2.31. The molecular weight excluding hydrogens is 500 g/mol. The number of aryl methyl sites for hydroxylation is 2. The molecule has 1 aliphatic heterocycles. The van der Waals surface area contributed by atoms with Gasteiger partial charge in [0.05, 0.1) is 18.7 Å². The number of carboxylic acid groups (broad SMARTS) is 1. The number of carbonyl (C=O) groups is 2. The number of carboxylic acids is 1. The van der Waals surface area contributed by atoms with Crippen molar-refractivity contribution in [2.24, 2.45) is 0 Å². The Labute approximate surface area is 201 Å². The van der Waals surface area contributed by atoms with Gasteiger partial charge in [0.15, 0.2) is 0 Å². The first-order chi connectivity index (χ1) is 16.6. The second-order valence-corrected chi connectivity index (χ2v) is 7.68. The Balaban J connectivity index is 0.000000572. The van der Waals surface area contributed by atoms with Crippen LogP contribution in [0.15, 0.2) is 36.4 Å². The number of nitrogens with one attached hydrogen (secondary N) is 1. The summed E-state index contributed by atoms with van der Waals surface area (Å²) < 4.78 is 81.2. The molecule has 1 aromatic heterocycles. The van der Waals surface area contributed by atoms with E-state index in [9.17, 15) is 31.1 Å². The van der Waals surface area contributed by atoms with Gasteiger partial charge in [-0.2, -0.15) is 26.3 Å². The molecule has 2 amide bonds. The number of alkyl halides is 6. The lowest BCUT2D eigenvalue weighted by Crippen LogP contribution is -2.49. The van der Waals surface area contributed by atoms with E-state index in [4.69, 9.17) is 19.4 Å². The summed E-state index contributed by atoms with van der Waals surface area (Å²) in [7, 11) is 0. The van der Waals surface area contributed by atoms with E-state index in [1.165, 1.54) is 12.1 Å². The van der Waals surface area contributed by atoms with E-state index >= 15 is 0 Å². The summed E-state index contributed by atoms with van der Waals surface area (Å²) in [5.74, 6) is -2.19. The van der Waals surface area contributed by atoms with E-state index in [0.717, 1.165) is 23.4 Å². The van der Waals surface area contributed by atoms with Crippen LogP contribution < -0.4 is 10.1 Å². The van der Waals surface area contributed by atoms with Crippen LogP contribution in [0.25, 0.3) is 0 Å². The SMILES string of the molecule is Cc1cc(C)nc(NC(=O)N2CCOC(COc3cccc(C(F)(F)F)c3)C2)c1.O=C(O)C(F)(F)F. The molecule has 1 aliphatic rings. The number of urea groups is 1. The summed E-state index contributed by atoms with van der Waals surface area (Å²) in [4.78, 5) is 27.3. The third-order valence-corrected chi connectivity index (χ3v) is 4.60. The van der Waals surface area contributed by atoms with Crippen LogP contribution in [0.4, 0.5) is 37.0 Å². The fourth-order valence-corrected chi connectivity index (χ4v) is 3.05. The Morgan fingerprint density at radius 3 is 2.42 bits per heavy atom. The van der Waals surface area contributed by atoms with Crippen molar-refractivity contribution in [3.05, 3.63) is 53.2 Å². The van der Waals surface area contributed by atoms with Crippen LogP contribution in [0.3, 0.4) is 0 Å². The van der Waals surface area contributed by atoms with Gasteiger partial charge in [-0.25, -0.2) is 14.6 Å². The van der Waals surface area contributed by atoms with E-state index in [0.29, 0.717) is 19.0 Å². The summed E-state index contributed by atoms with van der Waals surface area (Å²) in [5.41, 5.74) is 1.01. The number of aromatic nitrogens is 1. The minimum atomic E-state index is -5.08. The van der Waals surface area contributed by atoms with Crippen molar-refractivity contribution in [3.63, 3.8) is 0 Å². The Kier molecular flexibility index (Phi) is 9.50. The highest BCUT2D eigenvalue weighted by molar-refractivity contribution is 5.88. The third kappa shape index (κ3) is 9.24. The van der Waals surface area contributed by atoms with E-state index in [1.807, 2.05) is 19.9 Å². The van der Waals surface area contributed by atoms with Gasteiger partial charge in [0, 0.05) is 12.2 Å². The molecular formula is C22H23F6N3O5. The molecule has 2 heterocycles. The number of halogens is 6. The summed E-state index contributed by atoms with van der Waals surface area (Å²) >= 11 is 0. The summed E-state index contributed by atoms with van der Waals surface area (Å²) in [6.45, 7) is 4.77. The zero-order valence-corrected chi connectivity index (χ0v) is 19.1. The summed E-state index contributed by atoms with van der Waals surface area (Å²) in [5, 5.41) is 9.89. The molecule has 0 aliphatic carbocycles. The van der Waals surface area contributed by atoms with Crippen molar-refractivity contribution >= 4 is 17.8 Å². The Morgan fingerprint density at radius 2 is 1.83 bits per heavy atom. The zero-order valence-electron chi connectivity index (χ0n) is 19.1. The number of benzene rings is 1. The monoisotopic (exact) mass is 523 g/mol. The average molecular weight is 523 g/mol. The maximum Gasteiger partial charge on any atom is 0.490 e. The minimum absolute atomic E-state index is 0.0346. The molecule has 2 N–H and O–H groups in total. The van der Waals surface area contributed by atoms with Crippen LogP contribution in [-0.4, -0.2) is 65.6 Å². The number of pyridine rings is 1. The van der Waals surface area contributed by atoms with Gasteiger partial charge in [-0.3, -0.25) is 5.32 Å². The van der Waals surface area contributed by atoms with Gasteiger partial charge in [0.25, 0.3) is 0 Å². The normalized spacial score (nSPS) is 16.0. The quantitative estimate of drug-likeness (QED) is 0.566. The van der Waals surface area contributed by atoms with Crippen LogP contribution in [0.2, 0.25) is 0 Å². The number of carbonyl (C=O) groups excluding carboxylic acids is 1. The number of hydrogen-bond acceptors (Lipinski definition) is 5. The third-order valence-electron chi connectivity index (χ3n) is 4.60. The molecule has 1 fully saturated rings. The number of nitrogens with zero attached hydrogens (tertiary/aromatic N) is 2. The number of morpholine rings is 1. The molecule has 8 nitrogen and oxygen atoms in total. The minimum Gasteiger partial charge on any atom is -0.491 e. The van der Waals surface area contributed by atoms with Crippen LogP contribution >= 0.6 is 0 Å². The number of amides is 2. The molecule has 36 heavy (non-hydrogen) atoms. The molecule has 0 spiro atoms. The second-order valence-electron chi connectivity index (χ2n) is 7.68. The number of ether oxygens (including phenoxy) is 2. The topological polar surface area (TPSA) is 101 Å². The first-order valence-electron chi connectivity index (χ1n) is 10.4. The standard InChI is InChI=1S/C20H22F3N3O3.C2HF3O2/c1-13-8-14(2)24-18(9-13)25-19(27)26-6-7-28-17(11-26)12-29-16-5-3-4-15(10-16)20(21,22)23;3-2(4,5)1(6)7/h3-5,8-10,17H,6-7,11-12H2,1-2H3,(H,24,25,27);(H,6,7). The highest BCUT2D eigenvalue weighted by Gasteiger charge is 2.38. The number of anilines is 1. The first-order valence-corrected chi connectivity index (χ1v) is 10.4. The lowest BCUT2D eigenvalue weighted by molar-refractivity contribution is -0.192. The van der Waals surface area contributed by atoms with Crippen molar-refractivity contribution in [1.82, 2.24) is 9.88 Å². The second kappa shape index (κ2) is 11.9. The van der Waals surface area contributed by atoms with Gasteiger partial charge in [-0.15, -0.1) is 0 Å². The molecule has 1 aromatic carbocycles. The lowest BCUT2D eigenvalue weighted by Gasteiger charge is -2.32. The van der Waals surface area contributed by atoms with Gasteiger partial charge >= 0.3 is 24.4 Å². The Hall–Kier alpha value is -3.55. The molecule has 198 valence electrons. The Bertz CT molecular complexity index is 1040. The zero-order chi connectivity index (χ0) is 27.1. The fraction of sp³-hybridized carbons (Fsp3) is 0.409. The first kappa shape index (κ1) is 28.7. The molecule has 1 atom stereocenters. The molecule has 3 rings (SSSR count). The van der Waals surface area contributed by atoms with Gasteiger partial charge in [0.2, 0.25) is 0 Å². The predicted molar refractivity (Wildman–Crippen MR) is 115 cm³/mol. The van der Waals surface area contributed by atoms with Crippen molar-refractivity contribution < 1.29 is 50.5 Å². The maximum atomic E-state index is 12.8. The van der Waals surface area contributed by atoms with Crippen LogP contribution in [0.5, 0.6) is 5.75 Å². The van der Waals surface area contributed by atoms with Crippen LogP contribution in [-0.2, 0) is 15.7 Å². The van der Waals surface area contributed by atoms with E-state index in [1.54, 1.807) is 11.0 Å². The number of hydrogen-bond donors (Lipinski definition) is 2. The molecule has 1 unspecified atom stereocenters. The van der Waals surface area contributed by atoms with Crippen molar-refractivity contribution in [1.29, 1.82) is 0 Å². The largest absolute Gasteiger partial charge is 0.491 e. The highest BCUT2D eigenvalue weighted by atomic mass is 19.4. The maximum absolute atomic E-state index is 12.8. The van der Waals surface area contributed by atoms with Gasteiger partial charge in [-0.1, -0.05) is 6.07 Å². The van der Waals surface area contributed by atoms with Crippen LogP contribution in [0.1, 0.15) is 16.8 Å². The van der Waals surface area contributed by atoms with Gasteiger partial charge in [0.1, 0.15) is 24.3 Å². The molecule has 2 aromatic rings. The molecule has 14 heteroatoms. The summed E-state index contributed by atoms with van der Waals surface area (Å²) in [6.07, 6.45) is -9.96. The smallest absolute Gasteiger partial charge is 0.490 e. The molecule has 0 saturated carbocycles. The van der Waals surface area contributed by atoms with Crippen molar-refractivity contribution in [2.75, 3.05) is 31.6 Å². The van der Waals surface area contributed by atoms with E-state index < -0.39 is 30.0 Å². The molecule has 0 radical (unpaired) electrons. The lowest BCUT2D eigenvalue weighted by atomic mass is 10.2. The van der Waals surface area contributed by atoms with Crippen molar-refractivity contribution in [3.8, 4) is 5.75 Å². The number of aliphatic carboxylic acids is 1. The average Bonchev–Trinajstić information content (AvgIpc) is 2.76. The number of rotatable bonds is 4. The van der Waals surface area contributed by atoms with Gasteiger partial charge in [-0.05, 0) is 49.7 Å². The van der Waals surface area contributed by atoms with Gasteiger partial charge < -0.3 is 19.5 Å². The van der Waals surface area contributed by atoms with Crippen LogP contribution in [0, 0.1) is 13.8 Å². The molecule has 1 saturated heterocycles.